The van der Waals surface area contributed by atoms with Crippen LogP contribution in [0, 0.1) is 15.3 Å². The molecule has 0 aromatic rings. The lowest BCUT2D eigenvalue weighted by molar-refractivity contribution is -0.849. The normalized spacial score (nSPS) is 9.26. The smallest absolute Gasteiger partial charge is 0.0689 e. The molecule has 0 aromatic carbocycles. The predicted octanol–water partition coefficient (Wildman–Crippen LogP) is -0.672. The van der Waals surface area contributed by atoms with Gasteiger partial charge in [-0.15, -0.1) is 0 Å². The van der Waals surface area contributed by atoms with Gasteiger partial charge in [-0.05, 0) is 6.08 Å². The molecule has 19 heavy (non-hydrogen) atoms. The average molecular weight is 281 g/mol. The van der Waals surface area contributed by atoms with E-state index in [1.54, 1.807) is 0 Å². The van der Waals surface area contributed by atoms with Crippen molar-refractivity contribution in [3.05, 3.63) is 28.0 Å². The Balaban J connectivity index is -0.0000000793. The number of nitrogens with zero attached hydrogens (tertiary/aromatic N) is 3. The van der Waals surface area contributed by atoms with E-state index in [1.165, 1.54) is 0 Å². The highest BCUT2D eigenvalue weighted by atomic mass is 16.9. The number of carbonyl (C=O) groups is 1. The number of carboxylic acids is 1. The summed E-state index contributed by atoms with van der Waals surface area (Å²) in [5.74, 6) is -1.23. The second kappa shape index (κ2) is 12.8. The van der Waals surface area contributed by atoms with Gasteiger partial charge in [0.15, 0.2) is 0 Å². The summed E-state index contributed by atoms with van der Waals surface area (Å²) in [7, 11) is 17.0. The molecule has 0 aliphatic rings. The number of aliphatic carboxylic acids is 1. The van der Waals surface area contributed by atoms with Crippen LogP contribution in [-0.2, 0) is 4.79 Å². The lowest BCUT2D eigenvalue weighted by atomic mass is 10.7. The summed E-state index contributed by atoms with van der Waals surface area (Å²) in [6.07, 6.45) is 0.722. The van der Waals surface area contributed by atoms with Crippen LogP contribution in [-0.4, -0.2) is 76.4 Å². The molecular formula is C11H27N3O5. The largest absolute Gasteiger partial charge is 0.545 e. The molecule has 0 N–H and O–H groups in total. The van der Waals surface area contributed by atoms with E-state index in [1.807, 2.05) is 0 Å². The van der Waals surface area contributed by atoms with Crippen molar-refractivity contribution in [2.45, 2.75) is 0 Å². The predicted molar refractivity (Wildman–Crippen MR) is 73.5 cm³/mol. The van der Waals surface area contributed by atoms with E-state index < -0.39 is 11.1 Å². The zero-order chi connectivity index (χ0) is 16.9. The molecule has 0 saturated heterocycles. The molecule has 0 saturated carbocycles. The standard InChI is InChI=1S/2C4H12N.C3H4O2.NO3/c2*1-5(2,3)4;1-2-3(4)5;2-1(3)4/h2*1-4H3;2H,1H2,(H,4,5);/q2*+1;;-1/p-1. The van der Waals surface area contributed by atoms with Crippen LogP contribution in [0.4, 0.5) is 0 Å². The highest BCUT2D eigenvalue weighted by Gasteiger charge is 1.88. The third-order valence-corrected chi connectivity index (χ3v) is 0.167. The van der Waals surface area contributed by atoms with E-state index >= 15 is 0 Å². The molecule has 0 radical (unpaired) electrons. The van der Waals surface area contributed by atoms with Gasteiger partial charge in [0.2, 0.25) is 0 Å². The summed E-state index contributed by atoms with van der Waals surface area (Å²) >= 11 is 0. The monoisotopic (exact) mass is 281 g/mol. The Morgan fingerprint density at radius 3 is 1.00 bits per heavy atom. The minimum atomic E-state index is -1.75. The lowest BCUT2D eigenvalue weighted by Crippen LogP contribution is -2.27. The van der Waals surface area contributed by atoms with Crippen LogP contribution in [0.1, 0.15) is 0 Å². The number of rotatable bonds is 1. The summed E-state index contributed by atoms with van der Waals surface area (Å²) in [5, 5.41) is 23.9. The SMILES string of the molecule is C=CC(=O)[O-].C[N+](C)(C)C.C[N+](C)(C)C.O=[N+]([O-])[O-]. The first-order valence-corrected chi connectivity index (χ1v) is 5.23. The molecule has 0 aliphatic heterocycles. The van der Waals surface area contributed by atoms with Gasteiger partial charge in [0.05, 0.1) is 67.4 Å². The average Bonchev–Trinajstić information content (AvgIpc) is 1.95. The second-order valence-corrected chi connectivity index (χ2v) is 6.11. The van der Waals surface area contributed by atoms with Gasteiger partial charge < -0.3 is 34.2 Å². The molecule has 0 bridgehead atoms. The molecule has 0 aliphatic carbocycles. The fourth-order valence-electron chi connectivity index (χ4n) is 0. The van der Waals surface area contributed by atoms with E-state index in [-0.39, 0.29) is 0 Å². The van der Waals surface area contributed by atoms with Crippen LogP contribution in [0.15, 0.2) is 12.7 Å². The summed E-state index contributed by atoms with van der Waals surface area (Å²) < 4.78 is 2.00. The van der Waals surface area contributed by atoms with Crippen molar-refractivity contribution < 1.29 is 24.0 Å². The van der Waals surface area contributed by atoms with Gasteiger partial charge in [-0.25, -0.2) is 0 Å². The van der Waals surface area contributed by atoms with Crippen LogP contribution in [0.25, 0.3) is 0 Å². The number of quaternary nitrogens is 2. The number of carboxylic acid groups (broad SMARTS) is 1. The summed E-state index contributed by atoms with van der Waals surface area (Å²) in [4.78, 5) is 17.4. The number of hydrogen-bond donors (Lipinski definition) is 0. The van der Waals surface area contributed by atoms with E-state index in [9.17, 15) is 0 Å². The topological polar surface area (TPSA) is 106 Å². The molecule has 0 unspecified atom stereocenters. The van der Waals surface area contributed by atoms with E-state index in [0.717, 1.165) is 15.0 Å². The van der Waals surface area contributed by atoms with E-state index in [0.29, 0.717) is 0 Å². The van der Waals surface area contributed by atoms with Gasteiger partial charge in [0, 0.05) is 0 Å². The molecule has 0 spiro atoms. The molecular weight excluding hydrogens is 254 g/mol. The van der Waals surface area contributed by atoms with Crippen molar-refractivity contribution in [3.63, 3.8) is 0 Å². The van der Waals surface area contributed by atoms with Gasteiger partial charge in [-0.2, -0.15) is 0 Å². The van der Waals surface area contributed by atoms with E-state index in [2.05, 4.69) is 63.0 Å². The molecule has 0 heterocycles. The summed E-state index contributed by atoms with van der Waals surface area (Å²) in [6, 6.07) is 0. The molecule has 116 valence electrons. The highest BCUT2D eigenvalue weighted by Crippen LogP contribution is 1.74. The fourth-order valence-corrected chi connectivity index (χ4v) is 0. The van der Waals surface area contributed by atoms with Gasteiger partial charge in [-0.3, -0.25) is 0 Å². The van der Waals surface area contributed by atoms with Gasteiger partial charge in [-0.1, -0.05) is 6.58 Å². The Kier molecular flexibility index (Phi) is 17.5. The maximum Gasteiger partial charge on any atom is 0.0689 e. The number of hydrogen-bond acceptors (Lipinski definition) is 5. The minimum absolute atomic E-state index is 0.722. The highest BCUT2D eigenvalue weighted by molar-refractivity contribution is 5.76. The Bertz CT molecular complexity index is 226. The molecule has 0 amide bonds. The minimum Gasteiger partial charge on any atom is -0.545 e. The first-order chi connectivity index (χ1) is 8.00. The van der Waals surface area contributed by atoms with Crippen LogP contribution in [0.3, 0.4) is 0 Å². The van der Waals surface area contributed by atoms with Crippen LogP contribution in [0.2, 0.25) is 0 Å². The van der Waals surface area contributed by atoms with Gasteiger partial charge in [0.1, 0.15) is 0 Å². The first-order valence-electron chi connectivity index (χ1n) is 5.23. The zero-order valence-corrected chi connectivity index (χ0v) is 13.2. The van der Waals surface area contributed by atoms with Crippen LogP contribution in [0.5, 0.6) is 0 Å². The Hall–Kier alpha value is -1.67. The van der Waals surface area contributed by atoms with Crippen molar-refractivity contribution in [2.75, 3.05) is 56.4 Å². The van der Waals surface area contributed by atoms with Crippen molar-refractivity contribution >= 4 is 5.97 Å². The summed E-state index contributed by atoms with van der Waals surface area (Å²) in [6.45, 7) is 2.90. The molecule has 0 atom stereocenters. The van der Waals surface area contributed by atoms with E-state index in [4.69, 9.17) is 25.2 Å². The van der Waals surface area contributed by atoms with Crippen LogP contribution >= 0.6 is 0 Å². The molecule has 0 rings (SSSR count). The zero-order valence-electron chi connectivity index (χ0n) is 13.2. The summed E-state index contributed by atoms with van der Waals surface area (Å²) in [5.41, 5.74) is 0. The maximum atomic E-state index is 9.14. The van der Waals surface area contributed by atoms with Gasteiger partial charge >= 0.3 is 0 Å². The number of carbonyl (C=O) groups excluding carboxylic acids is 1. The van der Waals surface area contributed by atoms with Crippen molar-refractivity contribution in [3.8, 4) is 0 Å². The second-order valence-electron chi connectivity index (χ2n) is 6.11. The third-order valence-electron chi connectivity index (χ3n) is 0.167. The Morgan fingerprint density at radius 1 is 0.947 bits per heavy atom. The van der Waals surface area contributed by atoms with Crippen LogP contribution < -0.4 is 5.11 Å². The molecule has 0 fully saturated rings. The lowest BCUT2D eigenvalue weighted by Gasteiger charge is -2.14. The fraction of sp³-hybridized carbons (Fsp3) is 0.727. The Morgan fingerprint density at radius 2 is 1.00 bits per heavy atom. The quantitative estimate of drug-likeness (QED) is 0.274. The first kappa shape index (κ1) is 26.0. The Labute approximate surface area is 115 Å². The molecule has 8 heteroatoms. The van der Waals surface area contributed by atoms with Gasteiger partial charge in [0.25, 0.3) is 0 Å². The third kappa shape index (κ3) is 30800. The maximum absolute atomic E-state index is 9.14. The molecule has 0 aromatic heterocycles. The van der Waals surface area contributed by atoms with Crippen molar-refractivity contribution in [1.29, 1.82) is 0 Å². The van der Waals surface area contributed by atoms with Crippen molar-refractivity contribution in [1.82, 2.24) is 0 Å². The van der Waals surface area contributed by atoms with Crippen molar-refractivity contribution in [2.24, 2.45) is 0 Å². The molecule has 8 nitrogen and oxygen atoms in total.